The van der Waals surface area contributed by atoms with Crippen molar-refractivity contribution in [1.29, 1.82) is 0 Å². The van der Waals surface area contributed by atoms with Gasteiger partial charge in [0.25, 0.3) is 0 Å². The van der Waals surface area contributed by atoms with Crippen LogP contribution >= 0.6 is 0 Å². The lowest BCUT2D eigenvalue weighted by molar-refractivity contribution is 0.171. The maximum atomic E-state index is 4.87. The SMILES string of the molecule is CC(C)N1CCC(c2cnc(-c3nn(C(C)C)c4ccccc34)[nH]2)CC1. The number of rotatable bonds is 4. The molecule has 0 amide bonds. The molecule has 0 atom stereocenters. The standard InChI is InChI=1S/C21H29N5/c1-14(2)25-11-9-16(10-12-25)18-13-22-21(23-18)20-17-7-5-6-8-19(17)26(24-20)15(3)4/h5-8,13-16H,9-12H2,1-4H3,(H,22,23). The first-order valence-electron chi connectivity index (χ1n) is 9.81. The summed E-state index contributed by atoms with van der Waals surface area (Å²) in [5.41, 5.74) is 3.38. The molecule has 3 heterocycles. The van der Waals surface area contributed by atoms with E-state index in [0.717, 1.165) is 16.9 Å². The molecular weight excluding hydrogens is 322 g/mol. The Bertz CT molecular complexity index is 881. The maximum absolute atomic E-state index is 4.87. The van der Waals surface area contributed by atoms with E-state index in [1.165, 1.54) is 37.1 Å². The highest BCUT2D eigenvalue weighted by Gasteiger charge is 2.24. The number of fused-ring (bicyclic) bond motifs is 1. The van der Waals surface area contributed by atoms with Crippen molar-refractivity contribution >= 4 is 10.9 Å². The molecule has 138 valence electrons. The predicted octanol–water partition coefficient (Wildman–Crippen LogP) is 4.60. The first kappa shape index (κ1) is 17.3. The van der Waals surface area contributed by atoms with Gasteiger partial charge in [0.05, 0.1) is 5.52 Å². The first-order valence-corrected chi connectivity index (χ1v) is 9.81. The molecule has 1 aliphatic heterocycles. The van der Waals surface area contributed by atoms with Gasteiger partial charge in [-0.15, -0.1) is 0 Å². The summed E-state index contributed by atoms with van der Waals surface area (Å²) in [5.74, 6) is 1.46. The van der Waals surface area contributed by atoms with Gasteiger partial charge in [0.2, 0.25) is 0 Å². The third-order valence-corrected chi connectivity index (χ3v) is 5.62. The third-order valence-electron chi connectivity index (χ3n) is 5.62. The number of benzene rings is 1. The number of piperidine rings is 1. The molecule has 0 unspecified atom stereocenters. The zero-order chi connectivity index (χ0) is 18.3. The molecule has 0 aliphatic carbocycles. The highest BCUT2D eigenvalue weighted by molar-refractivity contribution is 5.91. The minimum Gasteiger partial charge on any atom is -0.340 e. The normalized spacial score (nSPS) is 17.0. The second-order valence-electron chi connectivity index (χ2n) is 8.00. The van der Waals surface area contributed by atoms with Crippen molar-refractivity contribution < 1.29 is 0 Å². The highest BCUT2D eigenvalue weighted by atomic mass is 15.3. The topological polar surface area (TPSA) is 49.7 Å². The lowest BCUT2D eigenvalue weighted by atomic mass is 9.93. The van der Waals surface area contributed by atoms with Crippen molar-refractivity contribution in [3.8, 4) is 11.5 Å². The zero-order valence-electron chi connectivity index (χ0n) is 16.2. The van der Waals surface area contributed by atoms with E-state index in [2.05, 4.69) is 66.5 Å². The van der Waals surface area contributed by atoms with Gasteiger partial charge >= 0.3 is 0 Å². The molecule has 26 heavy (non-hydrogen) atoms. The van der Waals surface area contributed by atoms with E-state index >= 15 is 0 Å². The summed E-state index contributed by atoms with van der Waals surface area (Å²) in [6, 6.07) is 9.38. The van der Waals surface area contributed by atoms with E-state index < -0.39 is 0 Å². The Labute approximate surface area is 155 Å². The van der Waals surface area contributed by atoms with E-state index in [1.807, 2.05) is 6.20 Å². The molecule has 1 N–H and O–H groups in total. The first-order chi connectivity index (χ1) is 12.5. The van der Waals surface area contributed by atoms with Gasteiger partial charge in [-0.25, -0.2) is 4.98 Å². The van der Waals surface area contributed by atoms with Gasteiger partial charge < -0.3 is 9.88 Å². The number of nitrogens with one attached hydrogen (secondary N) is 1. The van der Waals surface area contributed by atoms with Crippen molar-refractivity contribution in [2.45, 2.75) is 58.5 Å². The molecule has 0 saturated carbocycles. The van der Waals surface area contributed by atoms with Crippen LogP contribution in [0.1, 0.15) is 58.2 Å². The van der Waals surface area contributed by atoms with Gasteiger partial charge in [0.15, 0.2) is 5.82 Å². The number of aromatic nitrogens is 4. The summed E-state index contributed by atoms with van der Waals surface area (Å²) in [7, 11) is 0. The molecule has 0 bridgehead atoms. The summed E-state index contributed by atoms with van der Waals surface area (Å²) < 4.78 is 2.09. The summed E-state index contributed by atoms with van der Waals surface area (Å²) in [4.78, 5) is 10.8. The molecule has 5 heteroatoms. The second kappa shape index (κ2) is 6.88. The fourth-order valence-corrected chi connectivity index (χ4v) is 4.05. The van der Waals surface area contributed by atoms with Crippen LogP contribution in [0.4, 0.5) is 0 Å². The summed E-state index contributed by atoms with van der Waals surface area (Å²) in [5, 5.41) is 6.03. The zero-order valence-corrected chi connectivity index (χ0v) is 16.2. The van der Waals surface area contributed by atoms with Crippen molar-refractivity contribution in [3.05, 3.63) is 36.2 Å². The van der Waals surface area contributed by atoms with E-state index in [1.54, 1.807) is 0 Å². The number of nitrogens with zero attached hydrogens (tertiary/aromatic N) is 4. The Morgan fingerprint density at radius 3 is 2.46 bits per heavy atom. The molecule has 1 saturated heterocycles. The van der Waals surface area contributed by atoms with Crippen LogP contribution in [0.5, 0.6) is 0 Å². The summed E-state index contributed by atoms with van der Waals surface area (Å²) >= 11 is 0. The average Bonchev–Trinajstić information content (AvgIpc) is 3.26. The van der Waals surface area contributed by atoms with Gasteiger partial charge in [0.1, 0.15) is 5.69 Å². The monoisotopic (exact) mass is 351 g/mol. The van der Waals surface area contributed by atoms with E-state index in [4.69, 9.17) is 10.1 Å². The molecular formula is C21H29N5. The van der Waals surface area contributed by atoms with Crippen molar-refractivity contribution in [1.82, 2.24) is 24.6 Å². The second-order valence-corrected chi connectivity index (χ2v) is 8.00. The molecule has 0 radical (unpaired) electrons. The molecule has 2 aromatic heterocycles. The number of hydrogen-bond donors (Lipinski definition) is 1. The van der Waals surface area contributed by atoms with Gasteiger partial charge in [-0.2, -0.15) is 5.10 Å². The number of hydrogen-bond acceptors (Lipinski definition) is 3. The van der Waals surface area contributed by atoms with Crippen LogP contribution in [-0.4, -0.2) is 43.8 Å². The average molecular weight is 351 g/mol. The molecule has 1 fully saturated rings. The summed E-state index contributed by atoms with van der Waals surface area (Å²) in [6.45, 7) is 11.2. The van der Waals surface area contributed by atoms with Crippen LogP contribution in [0.25, 0.3) is 22.4 Å². The fourth-order valence-electron chi connectivity index (χ4n) is 4.05. The lowest BCUT2D eigenvalue weighted by Crippen LogP contribution is -2.37. The largest absolute Gasteiger partial charge is 0.340 e. The van der Waals surface area contributed by atoms with E-state index in [-0.39, 0.29) is 0 Å². The van der Waals surface area contributed by atoms with Crippen molar-refractivity contribution in [2.75, 3.05) is 13.1 Å². The number of H-pyrrole nitrogens is 1. The smallest absolute Gasteiger partial charge is 0.158 e. The highest BCUT2D eigenvalue weighted by Crippen LogP contribution is 2.31. The molecule has 4 rings (SSSR count). The Hall–Kier alpha value is -2.14. The van der Waals surface area contributed by atoms with Gasteiger partial charge in [0, 0.05) is 35.3 Å². The minimum absolute atomic E-state index is 0.323. The number of likely N-dealkylation sites (tertiary alicyclic amines) is 1. The summed E-state index contributed by atoms with van der Waals surface area (Å²) in [6.07, 6.45) is 4.41. The Morgan fingerprint density at radius 2 is 1.77 bits per heavy atom. The molecule has 0 spiro atoms. The van der Waals surface area contributed by atoms with E-state index in [9.17, 15) is 0 Å². The van der Waals surface area contributed by atoms with Crippen LogP contribution < -0.4 is 0 Å². The fraction of sp³-hybridized carbons (Fsp3) is 0.524. The Morgan fingerprint density at radius 1 is 1.04 bits per heavy atom. The number of imidazole rings is 1. The minimum atomic E-state index is 0.323. The van der Waals surface area contributed by atoms with Gasteiger partial charge in [-0.3, -0.25) is 4.68 Å². The molecule has 1 aromatic carbocycles. The maximum Gasteiger partial charge on any atom is 0.158 e. The van der Waals surface area contributed by atoms with Crippen LogP contribution in [0, 0.1) is 0 Å². The Kier molecular flexibility index (Phi) is 4.57. The molecule has 5 nitrogen and oxygen atoms in total. The number of para-hydroxylation sites is 1. The van der Waals surface area contributed by atoms with Gasteiger partial charge in [-0.05, 0) is 59.7 Å². The van der Waals surface area contributed by atoms with Crippen LogP contribution in [0.15, 0.2) is 30.5 Å². The van der Waals surface area contributed by atoms with Crippen molar-refractivity contribution in [3.63, 3.8) is 0 Å². The van der Waals surface area contributed by atoms with Crippen LogP contribution in [-0.2, 0) is 0 Å². The van der Waals surface area contributed by atoms with Crippen LogP contribution in [0.3, 0.4) is 0 Å². The van der Waals surface area contributed by atoms with E-state index in [0.29, 0.717) is 18.0 Å². The third kappa shape index (κ3) is 3.05. The van der Waals surface area contributed by atoms with Crippen LogP contribution in [0.2, 0.25) is 0 Å². The Balaban J connectivity index is 1.62. The quantitative estimate of drug-likeness (QED) is 0.747. The predicted molar refractivity (Wildman–Crippen MR) is 106 cm³/mol. The number of aromatic amines is 1. The molecule has 1 aliphatic rings. The van der Waals surface area contributed by atoms with Crippen molar-refractivity contribution in [2.24, 2.45) is 0 Å². The molecule has 3 aromatic rings. The van der Waals surface area contributed by atoms with Gasteiger partial charge in [-0.1, -0.05) is 18.2 Å². The lowest BCUT2D eigenvalue weighted by Gasteiger charge is -2.34.